The Morgan fingerprint density at radius 3 is 2.67 bits per heavy atom. The van der Waals surface area contributed by atoms with Gasteiger partial charge in [-0.3, -0.25) is 4.79 Å². The van der Waals surface area contributed by atoms with E-state index in [0.717, 1.165) is 23.5 Å². The highest BCUT2D eigenvalue weighted by atomic mass is 16.5. The van der Waals surface area contributed by atoms with Gasteiger partial charge in [0, 0.05) is 23.9 Å². The van der Waals surface area contributed by atoms with Gasteiger partial charge in [0.15, 0.2) is 0 Å². The van der Waals surface area contributed by atoms with E-state index in [1.165, 1.54) is 0 Å². The summed E-state index contributed by atoms with van der Waals surface area (Å²) in [6.07, 6.45) is 1.96. The summed E-state index contributed by atoms with van der Waals surface area (Å²) in [5, 5.41) is 9.50. The predicted octanol–water partition coefficient (Wildman–Crippen LogP) is 2.27. The molecule has 1 aliphatic heterocycles. The van der Waals surface area contributed by atoms with Gasteiger partial charge in [0.2, 0.25) is 5.91 Å². The predicted molar refractivity (Wildman–Crippen MR) is 87.4 cm³/mol. The van der Waals surface area contributed by atoms with Crippen molar-refractivity contribution in [2.24, 2.45) is 5.92 Å². The van der Waals surface area contributed by atoms with Crippen molar-refractivity contribution in [2.75, 3.05) is 20.8 Å². The Morgan fingerprint density at radius 2 is 2.04 bits per heavy atom. The number of likely N-dealkylation sites (tertiary alicyclic amines) is 1. The number of benzene rings is 1. The molecule has 1 saturated heterocycles. The fourth-order valence-electron chi connectivity index (χ4n) is 3.68. The number of carbonyl (C=O) groups excluding carboxylic acids is 1. The lowest BCUT2D eigenvalue weighted by atomic mass is 9.98. The van der Waals surface area contributed by atoms with Crippen LogP contribution in [-0.2, 0) is 9.59 Å². The number of hydrogen-bond donors (Lipinski definition) is 1. The molecule has 3 unspecified atom stereocenters. The third-order valence-corrected chi connectivity index (χ3v) is 5.31. The van der Waals surface area contributed by atoms with Crippen LogP contribution in [-0.4, -0.2) is 48.2 Å². The second kappa shape index (κ2) is 6.00. The molecule has 3 atom stereocenters. The number of ether oxygens (including phenoxy) is 2. The van der Waals surface area contributed by atoms with Crippen LogP contribution in [0, 0.1) is 5.92 Å². The van der Waals surface area contributed by atoms with E-state index in [9.17, 15) is 14.7 Å². The summed E-state index contributed by atoms with van der Waals surface area (Å²) in [6, 6.07) is 5.56. The molecule has 3 rings (SSSR count). The monoisotopic (exact) mass is 333 g/mol. The van der Waals surface area contributed by atoms with E-state index in [2.05, 4.69) is 0 Å². The van der Waals surface area contributed by atoms with Crippen LogP contribution < -0.4 is 9.47 Å². The van der Waals surface area contributed by atoms with Crippen molar-refractivity contribution in [2.45, 2.75) is 37.6 Å². The van der Waals surface area contributed by atoms with Crippen LogP contribution >= 0.6 is 0 Å². The highest BCUT2D eigenvalue weighted by Crippen LogP contribution is 2.53. The van der Waals surface area contributed by atoms with E-state index in [4.69, 9.17) is 9.47 Å². The third kappa shape index (κ3) is 2.60. The molecule has 6 nitrogen and oxygen atoms in total. The molecule has 1 aromatic carbocycles. The van der Waals surface area contributed by atoms with Gasteiger partial charge in [-0.05, 0) is 44.4 Å². The van der Waals surface area contributed by atoms with Crippen LogP contribution in [0.25, 0.3) is 0 Å². The zero-order valence-corrected chi connectivity index (χ0v) is 14.2. The molecule has 1 heterocycles. The van der Waals surface area contributed by atoms with Gasteiger partial charge in [-0.1, -0.05) is 0 Å². The van der Waals surface area contributed by atoms with E-state index < -0.39 is 11.5 Å². The molecule has 0 bridgehead atoms. The van der Waals surface area contributed by atoms with Crippen LogP contribution in [0.1, 0.15) is 37.7 Å². The maximum Gasteiger partial charge on any atom is 0.329 e. The molecule has 1 amide bonds. The van der Waals surface area contributed by atoms with E-state index in [-0.39, 0.29) is 17.7 Å². The summed E-state index contributed by atoms with van der Waals surface area (Å²) in [4.78, 5) is 26.0. The van der Waals surface area contributed by atoms with E-state index in [0.29, 0.717) is 19.4 Å². The van der Waals surface area contributed by atoms with Crippen molar-refractivity contribution in [1.82, 2.24) is 4.90 Å². The maximum atomic E-state index is 12.9. The zero-order valence-electron chi connectivity index (χ0n) is 14.2. The Bertz CT molecular complexity index is 673. The second-order valence-corrected chi connectivity index (χ2v) is 6.73. The second-order valence-electron chi connectivity index (χ2n) is 6.73. The van der Waals surface area contributed by atoms with Gasteiger partial charge in [0.05, 0.1) is 14.2 Å². The SMILES string of the molecule is COc1ccc(OC)c(C2CC2C(=O)N2CCCC2(C)C(=O)O)c1. The maximum absolute atomic E-state index is 12.9. The van der Waals surface area contributed by atoms with Crippen molar-refractivity contribution in [3.8, 4) is 11.5 Å². The minimum atomic E-state index is -1.08. The molecular weight excluding hydrogens is 310 g/mol. The lowest BCUT2D eigenvalue weighted by Gasteiger charge is -2.31. The van der Waals surface area contributed by atoms with E-state index in [1.807, 2.05) is 18.2 Å². The van der Waals surface area contributed by atoms with Gasteiger partial charge in [-0.25, -0.2) is 4.79 Å². The largest absolute Gasteiger partial charge is 0.497 e. The van der Waals surface area contributed by atoms with Crippen LogP contribution in [0.4, 0.5) is 0 Å². The molecule has 6 heteroatoms. The number of rotatable bonds is 5. The average Bonchev–Trinajstić information content (AvgIpc) is 3.28. The summed E-state index contributed by atoms with van der Waals surface area (Å²) in [5.41, 5.74) is -0.130. The first kappa shape index (κ1) is 16.6. The standard InChI is InChI=1S/C18H23NO5/c1-18(17(21)22)7-4-8-19(18)16(20)14-10-12(14)13-9-11(23-2)5-6-15(13)24-3/h5-6,9,12,14H,4,7-8,10H2,1-3H3,(H,21,22). The summed E-state index contributed by atoms with van der Waals surface area (Å²) in [5.74, 6) is 0.347. The molecule has 1 aromatic rings. The molecule has 0 aromatic heterocycles. The normalized spacial score (nSPS) is 28.5. The average molecular weight is 333 g/mol. The fraction of sp³-hybridized carbons (Fsp3) is 0.556. The molecule has 130 valence electrons. The van der Waals surface area contributed by atoms with Gasteiger partial charge in [-0.2, -0.15) is 0 Å². The number of methoxy groups -OCH3 is 2. The van der Waals surface area contributed by atoms with Crippen LogP contribution in [0.5, 0.6) is 11.5 Å². The van der Waals surface area contributed by atoms with Crippen molar-refractivity contribution >= 4 is 11.9 Å². The van der Waals surface area contributed by atoms with Gasteiger partial charge in [-0.15, -0.1) is 0 Å². The van der Waals surface area contributed by atoms with Gasteiger partial charge < -0.3 is 19.5 Å². The quantitative estimate of drug-likeness (QED) is 0.894. The smallest absolute Gasteiger partial charge is 0.329 e. The highest BCUT2D eigenvalue weighted by molar-refractivity contribution is 5.90. The molecule has 0 radical (unpaired) electrons. The minimum absolute atomic E-state index is 0.0567. The van der Waals surface area contributed by atoms with E-state index in [1.54, 1.807) is 26.0 Å². The first-order valence-electron chi connectivity index (χ1n) is 8.19. The Balaban J connectivity index is 1.80. The van der Waals surface area contributed by atoms with Crippen molar-refractivity contribution in [3.05, 3.63) is 23.8 Å². The summed E-state index contributed by atoms with van der Waals surface area (Å²) in [7, 11) is 3.20. The summed E-state index contributed by atoms with van der Waals surface area (Å²) >= 11 is 0. The number of hydrogen-bond acceptors (Lipinski definition) is 4. The van der Waals surface area contributed by atoms with Crippen LogP contribution in [0.15, 0.2) is 18.2 Å². The van der Waals surface area contributed by atoms with Crippen molar-refractivity contribution in [3.63, 3.8) is 0 Å². The first-order valence-corrected chi connectivity index (χ1v) is 8.19. The molecule has 2 aliphatic rings. The zero-order chi connectivity index (χ0) is 17.5. The molecule has 1 aliphatic carbocycles. The Kier molecular flexibility index (Phi) is 4.15. The Hall–Kier alpha value is -2.24. The van der Waals surface area contributed by atoms with Gasteiger partial charge in [0.1, 0.15) is 17.0 Å². The molecule has 2 fully saturated rings. The number of nitrogens with zero attached hydrogens (tertiary/aromatic N) is 1. The molecule has 24 heavy (non-hydrogen) atoms. The summed E-state index contributed by atoms with van der Waals surface area (Å²) < 4.78 is 10.7. The lowest BCUT2D eigenvalue weighted by Crippen LogP contribution is -2.51. The highest BCUT2D eigenvalue weighted by Gasteiger charge is 2.53. The van der Waals surface area contributed by atoms with Gasteiger partial charge >= 0.3 is 5.97 Å². The van der Waals surface area contributed by atoms with Crippen LogP contribution in [0.3, 0.4) is 0 Å². The molecule has 1 N–H and O–H groups in total. The number of aliphatic carboxylic acids is 1. The number of amides is 1. The van der Waals surface area contributed by atoms with Crippen LogP contribution in [0.2, 0.25) is 0 Å². The Morgan fingerprint density at radius 1 is 1.29 bits per heavy atom. The lowest BCUT2D eigenvalue weighted by molar-refractivity contribution is -0.155. The number of carboxylic acids is 1. The van der Waals surface area contributed by atoms with Gasteiger partial charge in [0.25, 0.3) is 0 Å². The topological polar surface area (TPSA) is 76.1 Å². The Labute approximate surface area is 141 Å². The molecule has 0 spiro atoms. The number of carbonyl (C=O) groups is 2. The number of carboxylic acid groups (broad SMARTS) is 1. The van der Waals surface area contributed by atoms with Crippen molar-refractivity contribution < 1.29 is 24.2 Å². The summed E-state index contributed by atoms with van der Waals surface area (Å²) in [6.45, 7) is 2.16. The first-order chi connectivity index (χ1) is 11.4. The molecule has 1 saturated carbocycles. The van der Waals surface area contributed by atoms with E-state index >= 15 is 0 Å². The fourth-order valence-corrected chi connectivity index (χ4v) is 3.68. The minimum Gasteiger partial charge on any atom is -0.497 e. The van der Waals surface area contributed by atoms with Crippen molar-refractivity contribution in [1.29, 1.82) is 0 Å². The third-order valence-electron chi connectivity index (χ3n) is 5.31. The molecular formula is C18H23NO5.